The first-order valence-corrected chi connectivity index (χ1v) is 8.07. The Morgan fingerprint density at radius 3 is 2.46 bits per heavy atom. The highest BCUT2D eigenvalue weighted by Crippen LogP contribution is 2.20. The third-order valence-corrected chi connectivity index (χ3v) is 4.01. The van der Waals surface area contributed by atoms with Crippen LogP contribution >= 0.6 is 0 Å². The van der Waals surface area contributed by atoms with E-state index in [9.17, 15) is 9.90 Å². The molecule has 0 saturated carbocycles. The molecule has 0 aliphatic heterocycles. The molecule has 0 saturated heterocycles. The first kappa shape index (κ1) is 18.1. The topological polar surface area (TPSA) is 73.7 Å². The summed E-state index contributed by atoms with van der Waals surface area (Å²) < 4.78 is 0. The van der Waals surface area contributed by atoms with Gasteiger partial charge in [-0.3, -0.25) is 9.78 Å². The largest absolute Gasteiger partial charge is 0.394 e. The quantitative estimate of drug-likeness (QED) is 0.851. The summed E-state index contributed by atoms with van der Waals surface area (Å²) in [5.74, 6) is -0.194. The van der Waals surface area contributed by atoms with Gasteiger partial charge in [-0.05, 0) is 37.1 Å². The first-order chi connectivity index (χ1) is 11.5. The third-order valence-electron chi connectivity index (χ3n) is 4.01. The molecule has 1 amide bonds. The van der Waals surface area contributed by atoms with Crippen molar-refractivity contribution in [2.24, 2.45) is 0 Å². The van der Waals surface area contributed by atoms with E-state index in [-0.39, 0.29) is 19.1 Å². The van der Waals surface area contributed by atoms with Gasteiger partial charge in [0.2, 0.25) is 0 Å². The second-order valence-corrected chi connectivity index (χ2v) is 5.91. The van der Waals surface area contributed by atoms with E-state index in [2.05, 4.69) is 18.0 Å². The van der Waals surface area contributed by atoms with Gasteiger partial charge in [-0.2, -0.15) is 0 Å². The van der Waals surface area contributed by atoms with E-state index < -0.39 is 6.10 Å². The minimum Gasteiger partial charge on any atom is -0.394 e. The van der Waals surface area contributed by atoms with Gasteiger partial charge in [0.1, 0.15) is 0 Å². The Balaban J connectivity index is 2.17. The molecule has 1 aromatic carbocycles. The average Bonchev–Trinajstić information content (AvgIpc) is 2.61. The van der Waals surface area contributed by atoms with Gasteiger partial charge in [-0.1, -0.05) is 25.1 Å². The van der Waals surface area contributed by atoms with Crippen LogP contribution in [0.3, 0.4) is 0 Å². The van der Waals surface area contributed by atoms with Gasteiger partial charge in [0.05, 0.1) is 18.4 Å². The van der Waals surface area contributed by atoms with Crippen molar-refractivity contribution in [3.05, 3.63) is 53.2 Å². The Morgan fingerprint density at radius 2 is 1.88 bits per heavy atom. The molecule has 0 bridgehead atoms. The van der Waals surface area contributed by atoms with Gasteiger partial charge < -0.3 is 15.1 Å². The van der Waals surface area contributed by atoms with Crippen LogP contribution in [0.1, 0.15) is 28.5 Å². The Hall–Kier alpha value is -2.24. The summed E-state index contributed by atoms with van der Waals surface area (Å²) in [6.07, 6.45) is -0.0451. The van der Waals surface area contributed by atoms with E-state index in [1.165, 1.54) is 10.5 Å². The fourth-order valence-corrected chi connectivity index (χ4v) is 2.55. The van der Waals surface area contributed by atoms with Gasteiger partial charge in [-0.15, -0.1) is 0 Å². The van der Waals surface area contributed by atoms with E-state index in [0.29, 0.717) is 5.56 Å². The van der Waals surface area contributed by atoms with Crippen molar-refractivity contribution in [1.29, 1.82) is 0 Å². The van der Waals surface area contributed by atoms with E-state index in [0.717, 1.165) is 23.4 Å². The Kier molecular flexibility index (Phi) is 6.06. The molecule has 0 aliphatic carbocycles. The van der Waals surface area contributed by atoms with Crippen LogP contribution in [0.2, 0.25) is 0 Å². The zero-order valence-electron chi connectivity index (χ0n) is 14.4. The second kappa shape index (κ2) is 8.04. The number of benzene rings is 1. The number of likely N-dealkylation sites (N-methyl/N-ethyl adjacent to an activating group) is 1. The molecule has 0 unspecified atom stereocenters. The SMILES string of the molecule is CCc1nc(-c2ccc(C(=O)N(C)C[C@H](O)CO)cc2)ccc1C. The van der Waals surface area contributed by atoms with Crippen LogP contribution in [0, 0.1) is 6.92 Å². The molecule has 128 valence electrons. The predicted molar refractivity (Wildman–Crippen MR) is 93.8 cm³/mol. The Labute approximate surface area is 142 Å². The predicted octanol–water partition coefficient (Wildman–Crippen LogP) is 2.04. The van der Waals surface area contributed by atoms with Crippen molar-refractivity contribution in [1.82, 2.24) is 9.88 Å². The lowest BCUT2D eigenvalue weighted by Crippen LogP contribution is -2.35. The minimum absolute atomic E-state index is 0.0937. The van der Waals surface area contributed by atoms with Crippen LogP contribution in [0.5, 0.6) is 0 Å². The summed E-state index contributed by atoms with van der Waals surface area (Å²) in [6, 6.07) is 11.3. The molecule has 5 nitrogen and oxygen atoms in total. The van der Waals surface area contributed by atoms with Crippen molar-refractivity contribution < 1.29 is 15.0 Å². The molecule has 24 heavy (non-hydrogen) atoms. The van der Waals surface area contributed by atoms with Crippen LogP contribution in [-0.2, 0) is 6.42 Å². The highest BCUT2D eigenvalue weighted by Gasteiger charge is 2.15. The van der Waals surface area contributed by atoms with E-state index in [4.69, 9.17) is 5.11 Å². The normalized spacial score (nSPS) is 12.0. The Morgan fingerprint density at radius 1 is 1.21 bits per heavy atom. The van der Waals surface area contributed by atoms with Crippen molar-refractivity contribution >= 4 is 5.91 Å². The van der Waals surface area contributed by atoms with Crippen LogP contribution in [-0.4, -0.2) is 52.3 Å². The highest BCUT2D eigenvalue weighted by molar-refractivity contribution is 5.94. The lowest BCUT2D eigenvalue weighted by atomic mass is 10.1. The van der Waals surface area contributed by atoms with Gasteiger partial charge in [0.15, 0.2) is 0 Å². The van der Waals surface area contributed by atoms with Crippen molar-refractivity contribution in [2.75, 3.05) is 20.2 Å². The van der Waals surface area contributed by atoms with Gasteiger partial charge in [-0.25, -0.2) is 0 Å². The fourth-order valence-electron chi connectivity index (χ4n) is 2.55. The van der Waals surface area contributed by atoms with Crippen molar-refractivity contribution in [2.45, 2.75) is 26.4 Å². The number of aliphatic hydroxyl groups is 2. The number of carbonyl (C=O) groups excluding carboxylic acids is 1. The molecule has 0 aliphatic rings. The fraction of sp³-hybridized carbons (Fsp3) is 0.368. The maximum atomic E-state index is 12.3. The summed E-state index contributed by atoms with van der Waals surface area (Å²) >= 11 is 0. The Bertz CT molecular complexity index is 698. The number of rotatable bonds is 6. The molecule has 0 radical (unpaired) electrons. The number of aromatic nitrogens is 1. The first-order valence-electron chi connectivity index (χ1n) is 8.07. The molecule has 0 fully saturated rings. The van der Waals surface area contributed by atoms with Gasteiger partial charge >= 0.3 is 0 Å². The number of hydrogen-bond donors (Lipinski definition) is 2. The van der Waals surface area contributed by atoms with Crippen molar-refractivity contribution in [3.63, 3.8) is 0 Å². The summed E-state index contributed by atoms with van der Waals surface area (Å²) in [4.78, 5) is 18.4. The summed E-state index contributed by atoms with van der Waals surface area (Å²) in [5, 5.41) is 18.3. The number of carbonyl (C=O) groups is 1. The maximum absolute atomic E-state index is 12.3. The molecule has 2 aromatic rings. The summed E-state index contributed by atoms with van der Waals surface area (Å²) in [6.45, 7) is 3.86. The molecule has 1 heterocycles. The highest BCUT2D eigenvalue weighted by atomic mass is 16.3. The van der Waals surface area contributed by atoms with E-state index in [1.54, 1.807) is 19.2 Å². The lowest BCUT2D eigenvalue weighted by molar-refractivity contribution is 0.0520. The number of aliphatic hydroxyl groups excluding tert-OH is 2. The van der Waals surface area contributed by atoms with Crippen LogP contribution in [0.25, 0.3) is 11.3 Å². The zero-order valence-corrected chi connectivity index (χ0v) is 14.4. The smallest absolute Gasteiger partial charge is 0.253 e. The molecule has 0 spiro atoms. The van der Waals surface area contributed by atoms with Crippen LogP contribution in [0.4, 0.5) is 0 Å². The monoisotopic (exact) mass is 328 g/mol. The van der Waals surface area contributed by atoms with E-state index in [1.807, 2.05) is 25.1 Å². The number of aryl methyl sites for hydroxylation is 2. The molecule has 2 N–H and O–H groups in total. The molecule has 1 aromatic heterocycles. The van der Waals surface area contributed by atoms with Crippen LogP contribution in [0.15, 0.2) is 36.4 Å². The third kappa shape index (κ3) is 4.19. The maximum Gasteiger partial charge on any atom is 0.253 e. The van der Waals surface area contributed by atoms with E-state index >= 15 is 0 Å². The molecule has 5 heteroatoms. The lowest BCUT2D eigenvalue weighted by Gasteiger charge is -2.19. The average molecular weight is 328 g/mol. The van der Waals surface area contributed by atoms with Crippen molar-refractivity contribution in [3.8, 4) is 11.3 Å². The standard InChI is InChI=1S/C19H24N2O3/c1-4-17-13(2)5-10-18(20-17)14-6-8-15(9-7-14)19(24)21(3)11-16(23)12-22/h5-10,16,22-23H,4,11-12H2,1-3H3/t16-/m0/s1. The number of pyridine rings is 1. The summed E-state index contributed by atoms with van der Waals surface area (Å²) in [5.41, 5.74) is 4.64. The zero-order chi connectivity index (χ0) is 17.7. The number of amides is 1. The summed E-state index contributed by atoms with van der Waals surface area (Å²) in [7, 11) is 1.60. The second-order valence-electron chi connectivity index (χ2n) is 5.91. The molecule has 2 rings (SSSR count). The van der Waals surface area contributed by atoms with Crippen LogP contribution < -0.4 is 0 Å². The molecule has 1 atom stereocenters. The number of nitrogens with zero attached hydrogens (tertiary/aromatic N) is 2. The van der Waals surface area contributed by atoms with Gasteiger partial charge in [0.25, 0.3) is 5.91 Å². The van der Waals surface area contributed by atoms with Gasteiger partial charge in [0, 0.05) is 30.4 Å². The minimum atomic E-state index is -0.928. The number of hydrogen-bond acceptors (Lipinski definition) is 4. The molecular weight excluding hydrogens is 304 g/mol. The molecular formula is C19H24N2O3.